The highest BCUT2D eigenvalue weighted by Gasteiger charge is 2.18. The van der Waals surface area contributed by atoms with Crippen LogP contribution in [-0.4, -0.2) is 26.1 Å². The van der Waals surface area contributed by atoms with Crippen molar-refractivity contribution < 1.29 is 4.79 Å². The molecule has 1 aromatic heterocycles. The smallest absolute Gasteiger partial charge is 0.246 e. The van der Waals surface area contributed by atoms with Crippen molar-refractivity contribution in [2.75, 3.05) is 0 Å². The lowest BCUT2D eigenvalue weighted by Crippen LogP contribution is -2.31. The molecule has 6 heteroatoms. The maximum Gasteiger partial charge on any atom is 0.246 e. The first-order chi connectivity index (χ1) is 11.6. The van der Waals surface area contributed by atoms with E-state index in [9.17, 15) is 4.79 Å². The van der Waals surface area contributed by atoms with Gasteiger partial charge in [0, 0.05) is 12.1 Å². The van der Waals surface area contributed by atoms with Gasteiger partial charge < -0.3 is 5.32 Å². The highest BCUT2D eigenvalue weighted by Crippen LogP contribution is 2.14. The van der Waals surface area contributed by atoms with Crippen LogP contribution in [0, 0.1) is 6.92 Å². The van der Waals surface area contributed by atoms with E-state index in [-0.39, 0.29) is 5.91 Å². The zero-order valence-corrected chi connectivity index (χ0v) is 13.7. The van der Waals surface area contributed by atoms with Crippen LogP contribution >= 0.6 is 0 Å². The number of aromatic nitrogens is 4. The summed E-state index contributed by atoms with van der Waals surface area (Å²) in [5.41, 5.74) is 3.11. The number of carbonyl (C=O) groups excluding carboxylic acids is 1. The molecule has 1 unspecified atom stereocenters. The Bertz CT molecular complexity index is 828. The van der Waals surface area contributed by atoms with E-state index in [4.69, 9.17) is 0 Å². The molecule has 1 amide bonds. The molecule has 1 N–H and O–H groups in total. The molecule has 3 rings (SSSR count). The van der Waals surface area contributed by atoms with Crippen LogP contribution in [0.2, 0.25) is 0 Å². The number of hydrogen-bond acceptors (Lipinski definition) is 4. The third-order valence-corrected chi connectivity index (χ3v) is 3.90. The summed E-state index contributed by atoms with van der Waals surface area (Å²) in [5, 5.41) is 15.3. The van der Waals surface area contributed by atoms with E-state index in [0.717, 1.165) is 16.7 Å². The molecule has 0 saturated heterocycles. The third kappa shape index (κ3) is 3.48. The van der Waals surface area contributed by atoms with Crippen LogP contribution in [0.25, 0.3) is 11.4 Å². The van der Waals surface area contributed by atoms with Crippen LogP contribution < -0.4 is 5.32 Å². The van der Waals surface area contributed by atoms with Crippen LogP contribution in [-0.2, 0) is 11.3 Å². The summed E-state index contributed by atoms with van der Waals surface area (Å²) in [6, 6.07) is 17.0. The van der Waals surface area contributed by atoms with Gasteiger partial charge in [-0.05, 0) is 30.2 Å². The van der Waals surface area contributed by atoms with E-state index >= 15 is 0 Å². The van der Waals surface area contributed by atoms with Gasteiger partial charge in [-0.1, -0.05) is 54.6 Å². The van der Waals surface area contributed by atoms with Gasteiger partial charge in [-0.3, -0.25) is 4.79 Å². The van der Waals surface area contributed by atoms with Crippen LogP contribution in [0.5, 0.6) is 0 Å². The minimum absolute atomic E-state index is 0.143. The quantitative estimate of drug-likeness (QED) is 0.784. The number of carbonyl (C=O) groups is 1. The summed E-state index contributed by atoms with van der Waals surface area (Å²) in [5.74, 6) is 0.365. The van der Waals surface area contributed by atoms with Crippen molar-refractivity contribution in [2.45, 2.75) is 26.4 Å². The SMILES string of the molecule is Cc1ccccc1CNC(=O)C(C)n1nnc(-c2ccccc2)n1. The Labute approximate surface area is 140 Å². The van der Waals surface area contributed by atoms with Gasteiger partial charge in [0.1, 0.15) is 6.04 Å². The minimum Gasteiger partial charge on any atom is -0.350 e. The van der Waals surface area contributed by atoms with Gasteiger partial charge in [-0.2, -0.15) is 4.80 Å². The molecular formula is C18H19N5O. The number of nitrogens with zero attached hydrogens (tertiary/aromatic N) is 4. The van der Waals surface area contributed by atoms with Crippen LogP contribution in [0.3, 0.4) is 0 Å². The number of hydrogen-bond donors (Lipinski definition) is 1. The molecule has 1 heterocycles. The lowest BCUT2D eigenvalue weighted by molar-refractivity contribution is -0.124. The predicted molar refractivity (Wildman–Crippen MR) is 91.0 cm³/mol. The topological polar surface area (TPSA) is 72.7 Å². The number of aryl methyl sites for hydroxylation is 1. The highest BCUT2D eigenvalue weighted by molar-refractivity contribution is 5.79. The summed E-state index contributed by atoms with van der Waals surface area (Å²) in [6.07, 6.45) is 0. The first-order valence-corrected chi connectivity index (χ1v) is 7.82. The summed E-state index contributed by atoms with van der Waals surface area (Å²) in [7, 11) is 0. The highest BCUT2D eigenvalue weighted by atomic mass is 16.2. The fourth-order valence-electron chi connectivity index (χ4n) is 2.34. The van der Waals surface area contributed by atoms with Crippen LogP contribution in [0.4, 0.5) is 0 Å². The van der Waals surface area contributed by atoms with Crippen LogP contribution in [0.1, 0.15) is 24.1 Å². The van der Waals surface area contributed by atoms with E-state index in [0.29, 0.717) is 12.4 Å². The third-order valence-electron chi connectivity index (χ3n) is 3.90. The number of nitrogens with one attached hydrogen (secondary N) is 1. The van der Waals surface area contributed by atoms with Gasteiger partial charge in [-0.15, -0.1) is 10.2 Å². The van der Waals surface area contributed by atoms with Gasteiger partial charge in [0.15, 0.2) is 0 Å². The Morgan fingerprint density at radius 1 is 1.12 bits per heavy atom. The first kappa shape index (κ1) is 15.9. The molecule has 24 heavy (non-hydrogen) atoms. The molecule has 0 spiro atoms. The van der Waals surface area contributed by atoms with Crippen molar-refractivity contribution in [1.82, 2.24) is 25.5 Å². The Morgan fingerprint density at radius 2 is 1.83 bits per heavy atom. The van der Waals surface area contributed by atoms with Crippen molar-refractivity contribution in [3.63, 3.8) is 0 Å². The molecule has 0 radical (unpaired) electrons. The number of amides is 1. The standard InChI is InChI=1S/C18H19N5O/c1-13-8-6-7-11-16(13)12-19-18(24)14(2)23-21-17(20-22-23)15-9-4-3-5-10-15/h3-11,14H,12H2,1-2H3,(H,19,24). The van der Waals surface area contributed by atoms with Crippen molar-refractivity contribution in [1.29, 1.82) is 0 Å². The van der Waals surface area contributed by atoms with Gasteiger partial charge in [0.05, 0.1) is 0 Å². The van der Waals surface area contributed by atoms with E-state index in [1.807, 2.05) is 61.5 Å². The molecule has 0 fully saturated rings. The maximum absolute atomic E-state index is 12.3. The molecule has 3 aromatic rings. The second-order valence-electron chi connectivity index (χ2n) is 5.62. The lowest BCUT2D eigenvalue weighted by atomic mass is 10.1. The van der Waals surface area contributed by atoms with E-state index in [1.165, 1.54) is 4.80 Å². The molecule has 0 aliphatic rings. The molecule has 0 aliphatic heterocycles. The fourth-order valence-corrected chi connectivity index (χ4v) is 2.34. The number of rotatable bonds is 5. The van der Waals surface area contributed by atoms with Gasteiger partial charge >= 0.3 is 0 Å². The Balaban J connectivity index is 1.66. The summed E-state index contributed by atoms with van der Waals surface area (Å²) >= 11 is 0. The van der Waals surface area contributed by atoms with E-state index in [1.54, 1.807) is 6.92 Å². The Hall–Kier alpha value is -3.02. The fraction of sp³-hybridized carbons (Fsp3) is 0.222. The van der Waals surface area contributed by atoms with Gasteiger partial charge in [0.2, 0.25) is 11.7 Å². The normalized spacial score (nSPS) is 11.9. The molecular weight excluding hydrogens is 302 g/mol. The van der Waals surface area contributed by atoms with E-state index in [2.05, 4.69) is 20.7 Å². The van der Waals surface area contributed by atoms with Crippen molar-refractivity contribution in [3.05, 3.63) is 65.7 Å². The second-order valence-corrected chi connectivity index (χ2v) is 5.62. The molecule has 2 aromatic carbocycles. The largest absolute Gasteiger partial charge is 0.350 e. The molecule has 0 aliphatic carbocycles. The lowest BCUT2D eigenvalue weighted by Gasteiger charge is -2.12. The summed E-state index contributed by atoms with van der Waals surface area (Å²) in [6.45, 7) is 4.26. The monoisotopic (exact) mass is 321 g/mol. The minimum atomic E-state index is -0.529. The summed E-state index contributed by atoms with van der Waals surface area (Å²) in [4.78, 5) is 13.7. The predicted octanol–water partition coefficient (Wildman–Crippen LogP) is 2.53. The van der Waals surface area contributed by atoms with Gasteiger partial charge in [-0.25, -0.2) is 0 Å². The maximum atomic E-state index is 12.3. The molecule has 122 valence electrons. The van der Waals surface area contributed by atoms with Crippen molar-refractivity contribution in [3.8, 4) is 11.4 Å². The molecule has 0 saturated carbocycles. The summed E-state index contributed by atoms with van der Waals surface area (Å²) < 4.78 is 0. The van der Waals surface area contributed by atoms with Crippen molar-refractivity contribution in [2.24, 2.45) is 0 Å². The number of benzene rings is 2. The zero-order valence-electron chi connectivity index (χ0n) is 13.7. The first-order valence-electron chi connectivity index (χ1n) is 7.82. The average molecular weight is 321 g/mol. The molecule has 1 atom stereocenters. The van der Waals surface area contributed by atoms with Gasteiger partial charge in [0.25, 0.3) is 0 Å². The van der Waals surface area contributed by atoms with Crippen LogP contribution in [0.15, 0.2) is 54.6 Å². The van der Waals surface area contributed by atoms with Crippen molar-refractivity contribution >= 4 is 5.91 Å². The second kappa shape index (κ2) is 7.04. The Morgan fingerprint density at radius 3 is 2.58 bits per heavy atom. The average Bonchev–Trinajstić information content (AvgIpc) is 3.11. The Kier molecular flexibility index (Phi) is 4.65. The van der Waals surface area contributed by atoms with E-state index < -0.39 is 6.04 Å². The number of tetrazole rings is 1. The molecule has 6 nitrogen and oxygen atoms in total. The molecule has 0 bridgehead atoms. The zero-order chi connectivity index (χ0) is 16.9.